The lowest BCUT2D eigenvalue weighted by molar-refractivity contribution is -0.159. The summed E-state index contributed by atoms with van der Waals surface area (Å²) in [5.74, 6) is -2.39. The Morgan fingerprint density at radius 2 is 1.66 bits per heavy atom. The second kappa shape index (κ2) is 9.31. The first kappa shape index (κ1) is 23.1. The molecule has 0 aliphatic heterocycles. The molecule has 1 aromatic heterocycles. The summed E-state index contributed by atoms with van der Waals surface area (Å²) in [7, 11) is 0. The third-order valence-corrected chi connectivity index (χ3v) is 4.76. The highest BCUT2D eigenvalue weighted by Crippen LogP contribution is 2.29. The molecule has 3 rings (SSSR count). The smallest absolute Gasteiger partial charge is 0.345 e. The third-order valence-electron chi connectivity index (χ3n) is 4.76. The molecule has 0 saturated heterocycles. The minimum Gasteiger partial charge on any atom is -0.345 e. The van der Waals surface area contributed by atoms with Crippen molar-refractivity contribution in [3.8, 4) is 11.4 Å². The lowest BCUT2D eigenvalue weighted by Crippen LogP contribution is -2.50. The summed E-state index contributed by atoms with van der Waals surface area (Å²) in [6.45, 7) is 3.79. The van der Waals surface area contributed by atoms with E-state index in [0.29, 0.717) is 6.54 Å². The fourth-order valence-corrected chi connectivity index (χ4v) is 2.73. The number of hydrogen-bond acceptors (Lipinski definition) is 6. The van der Waals surface area contributed by atoms with Crippen LogP contribution < -0.4 is 10.6 Å². The Hall–Kier alpha value is -3.53. The van der Waals surface area contributed by atoms with Crippen LogP contribution in [-0.4, -0.2) is 33.9 Å². The molecule has 0 fully saturated rings. The van der Waals surface area contributed by atoms with E-state index in [-0.39, 0.29) is 29.3 Å². The van der Waals surface area contributed by atoms with Gasteiger partial charge in [0.1, 0.15) is 0 Å². The van der Waals surface area contributed by atoms with E-state index < -0.39 is 23.5 Å². The molecule has 0 saturated carbocycles. The molecule has 0 atom stereocenters. The van der Waals surface area contributed by atoms with E-state index >= 15 is 0 Å². The number of ketones is 1. The van der Waals surface area contributed by atoms with Gasteiger partial charge in [-0.05, 0) is 31.5 Å². The zero-order chi connectivity index (χ0) is 23.4. The molecule has 7 nitrogen and oxygen atoms in total. The van der Waals surface area contributed by atoms with Gasteiger partial charge >= 0.3 is 12.1 Å². The Balaban J connectivity index is 1.55. The first-order valence-electron chi connectivity index (χ1n) is 9.68. The van der Waals surface area contributed by atoms with Crippen LogP contribution in [0.15, 0.2) is 59.1 Å². The number of nitrogens with zero attached hydrogens (tertiary/aromatic N) is 2. The maximum Gasteiger partial charge on any atom is 0.471 e. The van der Waals surface area contributed by atoms with Crippen LogP contribution in [0.3, 0.4) is 0 Å². The predicted molar refractivity (Wildman–Crippen MR) is 109 cm³/mol. The van der Waals surface area contributed by atoms with E-state index in [1.54, 1.807) is 13.8 Å². The van der Waals surface area contributed by atoms with Crippen LogP contribution in [0.2, 0.25) is 0 Å². The van der Waals surface area contributed by atoms with Crippen LogP contribution in [0.4, 0.5) is 13.2 Å². The second-order valence-corrected chi connectivity index (χ2v) is 7.57. The van der Waals surface area contributed by atoms with Crippen LogP contribution >= 0.6 is 0 Å². The molecule has 168 valence electrons. The molecule has 1 amide bonds. The summed E-state index contributed by atoms with van der Waals surface area (Å²) in [4.78, 5) is 28.2. The number of rotatable bonds is 8. The van der Waals surface area contributed by atoms with E-state index in [1.807, 2.05) is 30.3 Å². The summed E-state index contributed by atoms with van der Waals surface area (Å²) in [6, 6.07) is 15.2. The molecule has 0 aliphatic carbocycles. The zero-order valence-corrected chi connectivity index (χ0v) is 17.4. The average molecular weight is 446 g/mol. The van der Waals surface area contributed by atoms with Gasteiger partial charge in [0, 0.05) is 17.7 Å². The van der Waals surface area contributed by atoms with Crippen molar-refractivity contribution < 1.29 is 27.3 Å². The molecule has 0 radical (unpaired) electrons. The highest BCUT2D eigenvalue weighted by Gasteiger charge is 2.38. The molecule has 1 heterocycles. The van der Waals surface area contributed by atoms with Crippen LogP contribution in [0, 0.1) is 0 Å². The highest BCUT2D eigenvalue weighted by atomic mass is 19.4. The molecular weight excluding hydrogens is 425 g/mol. The minimum atomic E-state index is -4.73. The van der Waals surface area contributed by atoms with Gasteiger partial charge in [0.25, 0.3) is 5.91 Å². The lowest BCUT2D eigenvalue weighted by Gasteiger charge is -2.25. The van der Waals surface area contributed by atoms with E-state index in [9.17, 15) is 22.8 Å². The van der Waals surface area contributed by atoms with Gasteiger partial charge in [0.05, 0.1) is 12.1 Å². The quantitative estimate of drug-likeness (QED) is 0.549. The van der Waals surface area contributed by atoms with Crippen molar-refractivity contribution in [2.45, 2.75) is 32.1 Å². The van der Waals surface area contributed by atoms with Gasteiger partial charge in [-0.15, -0.1) is 0 Å². The van der Waals surface area contributed by atoms with Gasteiger partial charge in [0.2, 0.25) is 5.82 Å². The first-order chi connectivity index (χ1) is 15.1. The topological polar surface area (TPSA) is 97.1 Å². The maximum absolute atomic E-state index is 12.6. The molecule has 32 heavy (non-hydrogen) atoms. The summed E-state index contributed by atoms with van der Waals surface area (Å²) >= 11 is 0. The largest absolute Gasteiger partial charge is 0.471 e. The summed E-state index contributed by atoms with van der Waals surface area (Å²) in [5.41, 5.74) is 0.655. The summed E-state index contributed by atoms with van der Waals surface area (Å²) < 4.78 is 41.9. The van der Waals surface area contributed by atoms with Crippen molar-refractivity contribution in [1.29, 1.82) is 0 Å². The molecule has 0 unspecified atom stereocenters. The Morgan fingerprint density at radius 1 is 1.00 bits per heavy atom. The van der Waals surface area contributed by atoms with Crippen molar-refractivity contribution in [3.63, 3.8) is 0 Å². The van der Waals surface area contributed by atoms with E-state index in [1.165, 1.54) is 24.3 Å². The Bertz CT molecular complexity index is 1080. The Kier molecular flexibility index (Phi) is 6.73. The summed E-state index contributed by atoms with van der Waals surface area (Å²) in [5, 5.41) is 9.03. The fraction of sp³-hybridized carbons (Fsp3) is 0.273. The highest BCUT2D eigenvalue weighted by molar-refractivity contribution is 5.98. The van der Waals surface area contributed by atoms with E-state index in [4.69, 9.17) is 0 Å². The lowest BCUT2D eigenvalue weighted by atomic mass is 9.98. The van der Waals surface area contributed by atoms with Crippen molar-refractivity contribution in [1.82, 2.24) is 20.8 Å². The number of alkyl halides is 3. The van der Waals surface area contributed by atoms with Crippen molar-refractivity contribution in [3.05, 3.63) is 71.6 Å². The molecule has 10 heteroatoms. The van der Waals surface area contributed by atoms with Gasteiger partial charge in [-0.3, -0.25) is 9.59 Å². The molecule has 0 bridgehead atoms. The molecule has 0 spiro atoms. The monoisotopic (exact) mass is 446 g/mol. The number of hydrogen-bond donors (Lipinski definition) is 2. The van der Waals surface area contributed by atoms with Gasteiger partial charge < -0.3 is 15.2 Å². The molecule has 2 N–H and O–H groups in total. The van der Waals surface area contributed by atoms with Crippen LogP contribution in [0.25, 0.3) is 11.4 Å². The number of Topliss-reactive ketones (excluding diaryl/α,β-unsaturated/α-hetero) is 1. The fourth-order valence-electron chi connectivity index (χ4n) is 2.73. The van der Waals surface area contributed by atoms with Crippen molar-refractivity contribution in [2.24, 2.45) is 0 Å². The van der Waals surface area contributed by atoms with Crippen molar-refractivity contribution in [2.75, 3.05) is 6.54 Å². The number of nitrogens with one attached hydrogen (secondary N) is 2. The Morgan fingerprint density at radius 3 is 2.25 bits per heavy atom. The molecule has 3 aromatic rings. The van der Waals surface area contributed by atoms with Crippen molar-refractivity contribution >= 4 is 11.7 Å². The Labute approximate surface area is 182 Å². The number of amides is 1. The number of carbonyl (C=O) groups excluding carboxylic acids is 2. The van der Waals surface area contributed by atoms with Crippen LogP contribution in [-0.2, 0) is 17.5 Å². The van der Waals surface area contributed by atoms with Crippen LogP contribution in [0.5, 0.6) is 0 Å². The minimum absolute atomic E-state index is 0.185. The summed E-state index contributed by atoms with van der Waals surface area (Å²) in [6.07, 6.45) is -4.73. The number of benzene rings is 2. The number of aromatic nitrogens is 2. The number of carbonyl (C=O) groups is 2. The van der Waals surface area contributed by atoms with E-state index in [0.717, 1.165) is 5.56 Å². The maximum atomic E-state index is 12.6. The molecule has 2 aromatic carbocycles. The molecular formula is C22H21F3N4O3. The average Bonchev–Trinajstić information content (AvgIpc) is 3.28. The first-order valence-corrected chi connectivity index (χ1v) is 9.68. The zero-order valence-electron chi connectivity index (χ0n) is 17.4. The molecule has 0 aliphatic rings. The third kappa shape index (κ3) is 5.79. The SMILES string of the molecule is CC(C)(NCc1ccccc1)C(=O)CNC(=O)c1ccc(-c2noc(C(F)(F)F)n2)cc1. The van der Waals surface area contributed by atoms with Gasteiger partial charge in [0.15, 0.2) is 5.78 Å². The van der Waals surface area contributed by atoms with E-state index in [2.05, 4.69) is 25.3 Å². The van der Waals surface area contributed by atoms with Gasteiger partial charge in [-0.1, -0.05) is 47.6 Å². The standard InChI is InChI=1S/C22H21F3N4O3/c1-21(2,27-12-14-6-4-3-5-7-14)17(30)13-26-19(31)16-10-8-15(9-11-16)18-28-20(32-29-18)22(23,24)25/h3-11,27H,12-13H2,1-2H3,(H,26,31). The second-order valence-electron chi connectivity index (χ2n) is 7.57. The van der Waals surface area contributed by atoms with Crippen LogP contribution in [0.1, 0.15) is 35.7 Å². The number of halogens is 3. The van der Waals surface area contributed by atoms with Gasteiger partial charge in [-0.25, -0.2) is 0 Å². The normalized spacial score (nSPS) is 11.9. The predicted octanol–water partition coefficient (Wildman–Crippen LogP) is 3.62. The van der Waals surface area contributed by atoms with Gasteiger partial charge in [-0.2, -0.15) is 18.2 Å².